The van der Waals surface area contributed by atoms with Crippen LogP contribution in [0.1, 0.15) is 25.0 Å². The number of aryl methyl sites for hydroxylation is 1. The summed E-state index contributed by atoms with van der Waals surface area (Å²) in [6.07, 6.45) is 4.54. The number of guanidine groups is 1. The molecule has 1 fully saturated rings. The second-order valence-corrected chi connectivity index (χ2v) is 9.27. The number of rotatable bonds is 3. The Kier molecular flexibility index (Phi) is 7.45. The summed E-state index contributed by atoms with van der Waals surface area (Å²) in [5.74, 6) is 0.934. The average Bonchev–Trinajstić information content (AvgIpc) is 2.48. The fourth-order valence-corrected chi connectivity index (χ4v) is 4.11. The van der Waals surface area contributed by atoms with Gasteiger partial charge in [0.2, 0.25) is 0 Å². The summed E-state index contributed by atoms with van der Waals surface area (Å²) in [5.41, 5.74) is 2.43. The summed E-state index contributed by atoms with van der Waals surface area (Å²) in [6, 6.07) is 2.02. The first-order chi connectivity index (χ1) is 10.8. The molecule has 136 valence electrons. The maximum Gasteiger partial charge on any atom is 0.193 e. The maximum atomic E-state index is 12.1. The molecule has 1 N–H and O–H groups in total. The maximum absolute atomic E-state index is 12.1. The zero-order chi connectivity index (χ0) is 17.1. The van der Waals surface area contributed by atoms with Crippen molar-refractivity contribution < 1.29 is 8.42 Å². The number of hydrogen-bond acceptors (Lipinski definition) is 4. The van der Waals surface area contributed by atoms with Crippen LogP contribution in [0.25, 0.3) is 0 Å². The molecule has 1 aromatic rings. The summed E-state index contributed by atoms with van der Waals surface area (Å²) in [5, 5.41) is 3.34. The van der Waals surface area contributed by atoms with Gasteiger partial charge in [-0.05, 0) is 44.4 Å². The minimum Gasteiger partial charge on any atom is -0.356 e. The highest BCUT2D eigenvalue weighted by atomic mass is 127. The first-order valence-corrected chi connectivity index (χ1v) is 9.49. The van der Waals surface area contributed by atoms with Crippen LogP contribution in [0.3, 0.4) is 0 Å². The molecule has 24 heavy (non-hydrogen) atoms. The van der Waals surface area contributed by atoms with Gasteiger partial charge in [0.15, 0.2) is 15.8 Å². The van der Waals surface area contributed by atoms with Crippen LogP contribution in [0, 0.1) is 6.92 Å². The molecular weight excluding hydrogens is 439 g/mol. The largest absolute Gasteiger partial charge is 0.356 e. The van der Waals surface area contributed by atoms with Gasteiger partial charge in [0.05, 0.1) is 10.5 Å². The Balaban J connectivity index is 0.00000288. The highest BCUT2D eigenvalue weighted by Crippen LogP contribution is 2.23. The van der Waals surface area contributed by atoms with E-state index in [1.807, 2.05) is 17.2 Å². The topological polar surface area (TPSA) is 74.7 Å². The van der Waals surface area contributed by atoms with E-state index in [9.17, 15) is 8.42 Å². The number of halogens is 1. The molecule has 0 aromatic carbocycles. The molecule has 1 aromatic heterocycles. The molecule has 0 bridgehead atoms. The van der Waals surface area contributed by atoms with Crippen LogP contribution in [-0.2, 0) is 16.3 Å². The smallest absolute Gasteiger partial charge is 0.193 e. The number of sulfone groups is 1. The van der Waals surface area contributed by atoms with E-state index in [1.54, 1.807) is 27.1 Å². The van der Waals surface area contributed by atoms with Gasteiger partial charge in [-0.3, -0.25) is 9.98 Å². The Morgan fingerprint density at radius 1 is 1.46 bits per heavy atom. The zero-order valence-corrected chi connectivity index (χ0v) is 17.9. The predicted molar refractivity (Wildman–Crippen MR) is 109 cm³/mol. The molecular formula is C16H27IN4O2S. The Hall–Kier alpha value is -0.900. The van der Waals surface area contributed by atoms with Crippen molar-refractivity contribution in [2.24, 2.45) is 4.99 Å². The van der Waals surface area contributed by atoms with Crippen molar-refractivity contribution in [2.45, 2.75) is 31.9 Å². The quantitative estimate of drug-likeness (QED) is 0.417. The third kappa shape index (κ3) is 4.81. The number of nitrogens with one attached hydrogen (secondary N) is 1. The molecule has 6 nitrogen and oxygen atoms in total. The number of aliphatic imine (C=N–C) groups is 1. The minimum absolute atomic E-state index is 0. The van der Waals surface area contributed by atoms with Crippen molar-refractivity contribution in [3.63, 3.8) is 0 Å². The van der Waals surface area contributed by atoms with Gasteiger partial charge in [0.1, 0.15) is 0 Å². The van der Waals surface area contributed by atoms with Crippen LogP contribution in [-0.4, -0.2) is 61.4 Å². The number of hydrogen-bond donors (Lipinski definition) is 1. The lowest BCUT2D eigenvalue weighted by atomic mass is 10.1. The number of pyridine rings is 1. The Bertz CT molecular complexity index is 689. The molecule has 0 spiro atoms. The number of aromatic nitrogens is 1. The summed E-state index contributed by atoms with van der Waals surface area (Å²) >= 11 is 0. The first-order valence-electron chi connectivity index (χ1n) is 7.84. The van der Waals surface area contributed by atoms with E-state index in [2.05, 4.69) is 22.2 Å². The lowest BCUT2D eigenvalue weighted by Crippen LogP contribution is -2.57. The van der Waals surface area contributed by atoms with E-state index >= 15 is 0 Å². The van der Waals surface area contributed by atoms with E-state index < -0.39 is 14.6 Å². The predicted octanol–water partition coefficient (Wildman–Crippen LogP) is 1.63. The molecule has 2 heterocycles. The molecule has 0 atom stereocenters. The van der Waals surface area contributed by atoms with Crippen LogP contribution in [0.4, 0.5) is 0 Å². The molecule has 2 rings (SSSR count). The van der Waals surface area contributed by atoms with Gasteiger partial charge in [-0.2, -0.15) is 0 Å². The Morgan fingerprint density at radius 2 is 2.17 bits per heavy atom. The molecule has 0 saturated carbocycles. The zero-order valence-electron chi connectivity index (χ0n) is 14.7. The number of nitrogens with zero attached hydrogens (tertiary/aromatic N) is 3. The van der Waals surface area contributed by atoms with E-state index in [0.29, 0.717) is 13.1 Å². The van der Waals surface area contributed by atoms with Crippen molar-refractivity contribution in [2.75, 3.05) is 32.4 Å². The van der Waals surface area contributed by atoms with Gasteiger partial charge in [-0.15, -0.1) is 24.0 Å². The molecule has 1 aliphatic heterocycles. The third-order valence-corrected chi connectivity index (χ3v) is 6.90. The Labute approximate surface area is 162 Å². The van der Waals surface area contributed by atoms with E-state index in [0.717, 1.165) is 18.9 Å². The Morgan fingerprint density at radius 3 is 2.75 bits per heavy atom. The molecule has 0 amide bonds. The molecule has 0 aliphatic carbocycles. The summed E-state index contributed by atoms with van der Waals surface area (Å²) < 4.78 is 23.5. The van der Waals surface area contributed by atoms with Crippen LogP contribution in [0.2, 0.25) is 0 Å². The lowest BCUT2D eigenvalue weighted by molar-refractivity contribution is 0.353. The van der Waals surface area contributed by atoms with E-state index in [-0.39, 0.29) is 29.7 Å². The second kappa shape index (κ2) is 8.46. The average molecular weight is 466 g/mol. The highest BCUT2D eigenvalue weighted by molar-refractivity contribution is 14.0. The normalized spacial score (nSPS) is 19.5. The summed E-state index contributed by atoms with van der Waals surface area (Å²) in [6.45, 7) is 7.31. The standard InChI is InChI=1S/C16H26N4O2S.HI/c1-13-11-18-7-5-14(13)6-8-19-15(17-4)20-9-10-23(21,22)16(2,3)12-20;/h5,7,11H,6,8-10,12H2,1-4H3,(H,17,19);1H. The fraction of sp³-hybridized carbons (Fsp3) is 0.625. The van der Waals surface area contributed by atoms with Crippen molar-refractivity contribution >= 4 is 39.8 Å². The second-order valence-electron chi connectivity index (χ2n) is 6.53. The highest BCUT2D eigenvalue weighted by Gasteiger charge is 2.40. The van der Waals surface area contributed by atoms with E-state index in [4.69, 9.17) is 0 Å². The fourth-order valence-electron chi connectivity index (χ4n) is 2.75. The third-order valence-electron chi connectivity index (χ3n) is 4.37. The molecule has 0 unspecified atom stereocenters. The summed E-state index contributed by atoms with van der Waals surface area (Å²) in [7, 11) is -1.30. The van der Waals surface area contributed by atoms with Gasteiger partial charge in [0, 0.05) is 39.1 Å². The van der Waals surface area contributed by atoms with Gasteiger partial charge in [0.25, 0.3) is 0 Å². The van der Waals surface area contributed by atoms with Crippen LogP contribution >= 0.6 is 24.0 Å². The van der Waals surface area contributed by atoms with E-state index in [1.165, 1.54) is 11.1 Å². The molecule has 0 radical (unpaired) electrons. The molecule has 1 saturated heterocycles. The molecule has 1 aliphatic rings. The SMILES string of the molecule is CN=C(NCCc1ccncc1C)N1CCS(=O)(=O)C(C)(C)C1.I. The summed E-state index contributed by atoms with van der Waals surface area (Å²) in [4.78, 5) is 10.4. The van der Waals surface area contributed by atoms with Gasteiger partial charge in [-0.1, -0.05) is 0 Å². The van der Waals surface area contributed by atoms with Crippen molar-refractivity contribution in [1.82, 2.24) is 15.2 Å². The van der Waals surface area contributed by atoms with Gasteiger partial charge < -0.3 is 10.2 Å². The van der Waals surface area contributed by atoms with Crippen molar-refractivity contribution in [3.05, 3.63) is 29.6 Å². The van der Waals surface area contributed by atoms with Crippen LogP contribution in [0.5, 0.6) is 0 Å². The minimum atomic E-state index is -3.04. The lowest BCUT2D eigenvalue weighted by Gasteiger charge is -2.39. The van der Waals surface area contributed by atoms with Gasteiger partial charge in [-0.25, -0.2) is 8.42 Å². The van der Waals surface area contributed by atoms with Crippen LogP contribution in [0.15, 0.2) is 23.5 Å². The molecule has 8 heteroatoms. The first kappa shape index (κ1) is 21.1. The van der Waals surface area contributed by atoms with Crippen LogP contribution < -0.4 is 5.32 Å². The van der Waals surface area contributed by atoms with Crippen molar-refractivity contribution in [1.29, 1.82) is 0 Å². The monoisotopic (exact) mass is 466 g/mol. The van der Waals surface area contributed by atoms with Gasteiger partial charge >= 0.3 is 0 Å². The van der Waals surface area contributed by atoms with Crippen molar-refractivity contribution in [3.8, 4) is 0 Å².